The first-order valence-corrected chi connectivity index (χ1v) is 4.72. The molecule has 1 atom stereocenters. The second-order valence-electron chi connectivity index (χ2n) is 2.35. The van der Waals surface area contributed by atoms with Gasteiger partial charge in [0.25, 0.3) is 0 Å². The van der Waals surface area contributed by atoms with Crippen molar-refractivity contribution in [3.8, 4) is 0 Å². The van der Waals surface area contributed by atoms with Crippen LogP contribution in [0.15, 0.2) is 29.2 Å². The van der Waals surface area contributed by atoms with Crippen LogP contribution >= 0.6 is 0 Å². The average Bonchev–Trinajstić information content (AvgIpc) is 2.05. The Hall–Kier alpha value is -0.0326. The normalized spacial score (nSPS) is 11.8. The fourth-order valence-corrected chi connectivity index (χ4v) is 1.48. The maximum Gasteiger partial charge on any atom is 1.00 e. The number of benzene rings is 1. The van der Waals surface area contributed by atoms with Gasteiger partial charge in [0.1, 0.15) is 0 Å². The molecule has 1 rings (SSSR count). The van der Waals surface area contributed by atoms with Gasteiger partial charge in [-0.2, -0.15) is 6.92 Å². The smallest absolute Gasteiger partial charge is 0.289 e. The first kappa shape index (κ1) is 12.0. The van der Waals surface area contributed by atoms with Crippen LogP contribution in [0, 0.1) is 12.7 Å². The number of hydrogen-bond donors (Lipinski definition) is 0. The molecule has 0 spiro atoms. The summed E-state index contributed by atoms with van der Waals surface area (Å²) in [7, 11) is -0.924. The topological polar surface area (TPSA) is 17.1 Å². The van der Waals surface area contributed by atoms with Gasteiger partial charge in [-0.15, -0.1) is 10.8 Å². The first-order valence-electron chi connectivity index (χ1n) is 3.51. The molecule has 0 aliphatic rings. The minimum atomic E-state index is -0.924. The molecular weight excluding hydrogens is 163 g/mol. The molecule has 0 amide bonds. The van der Waals surface area contributed by atoms with Gasteiger partial charge in [-0.3, -0.25) is 4.21 Å². The van der Waals surface area contributed by atoms with Crippen LogP contribution in [0.4, 0.5) is 0 Å². The van der Waals surface area contributed by atoms with Gasteiger partial charge in [-0.1, -0.05) is 17.7 Å². The Morgan fingerprint density at radius 2 is 1.75 bits per heavy atom. The molecule has 0 saturated heterocycles. The van der Waals surface area contributed by atoms with E-state index in [1.165, 1.54) is 5.56 Å². The van der Waals surface area contributed by atoms with Crippen molar-refractivity contribution in [1.29, 1.82) is 0 Å². The molecule has 0 bridgehead atoms. The van der Waals surface area contributed by atoms with Crippen molar-refractivity contribution in [3.05, 3.63) is 35.6 Å². The van der Waals surface area contributed by atoms with E-state index in [1.54, 1.807) is 12.7 Å². The molecule has 12 heavy (non-hydrogen) atoms. The van der Waals surface area contributed by atoms with Crippen molar-refractivity contribution in [2.75, 3.05) is 0 Å². The second-order valence-corrected chi connectivity index (χ2v) is 3.88. The molecule has 1 aromatic rings. The zero-order valence-electron chi connectivity index (χ0n) is 7.70. The van der Waals surface area contributed by atoms with Crippen LogP contribution in [0.5, 0.6) is 0 Å². The van der Waals surface area contributed by atoms with E-state index in [0.717, 1.165) is 4.90 Å². The summed E-state index contributed by atoms with van der Waals surface area (Å²) in [5.41, 5.74) is 1.20. The average molecular weight is 174 g/mol. The SMILES string of the molecule is C[CH-]S(=O)c1ccc(C)cc1.[Li+]. The molecule has 1 nitrogen and oxygen atoms in total. The van der Waals surface area contributed by atoms with Crippen LogP contribution in [0.2, 0.25) is 0 Å². The Balaban J connectivity index is 0.00000121. The Morgan fingerprint density at radius 3 is 2.17 bits per heavy atom. The summed E-state index contributed by atoms with van der Waals surface area (Å²) >= 11 is 0. The number of rotatable bonds is 2. The Bertz CT molecular complexity index is 256. The van der Waals surface area contributed by atoms with Crippen LogP contribution in [0.25, 0.3) is 0 Å². The molecule has 0 aliphatic carbocycles. The maximum absolute atomic E-state index is 11.2. The molecule has 0 aliphatic heterocycles. The minimum Gasteiger partial charge on any atom is -0.289 e. The summed E-state index contributed by atoms with van der Waals surface area (Å²) < 4.78 is 11.2. The first-order chi connectivity index (χ1) is 5.24. The van der Waals surface area contributed by atoms with Gasteiger partial charge in [-0.25, -0.2) is 5.75 Å². The molecule has 0 heterocycles. The van der Waals surface area contributed by atoms with Gasteiger partial charge < -0.3 is 0 Å². The summed E-state index contributed by atoms with van der Waals surface area (Å²) in [5, 5.41) is 0. The molecule has 1 aromatic carbocycles. The molecule has 3 heteroatoms. The van der Waals surface area contributed by atoms with Crippen LogP contribution < -0.4 is 18.9 Å². The Morgan fingerprint density at radius 1 is 1.25 bits per heavy atom. The van der Waals surface area contributed by atoms with Crippen molar-refractivity contribution in [2.24, 2.45) is 0 Å². The Kier molecular flexibility index (Phi) is 5.57. The van der Waals surface area contributed by atoms with Crippen LogP contribution in [0.1, 0.15) is 12.5 Å². The summed E-state index contributed by atoms with van der Waals surface area (Å²) in [6, 6.07) is 7.73. The summed E-state index contributed by atoms with van der Waals surface area (Å²) in [6.45, 7) is 3.82. The van der Waals surface area contributed by atoms with Gasteiger partial charge in [0.2, 0.25) is 0 Å². The van der Waals surface area contributed by atoms with Gasteiger partial charge in [-0.05, 0) is 19.1 Å². The van der Waals surface area contributed by atoms with Gasteiger partial charge in [0, 0.05) is 4.90 Å². The maximum atomic E-state index is 11.2. The van der Waals surface area contributed by atoms with E-state index >= 15 is 0 Å². The monoisotopic (exact) mass is 174 g/mol. The molecule has 1 unspecified atom stereocenters. The van der Waals surface area contributed by atoms with E-state index in [1.807, 2.05) is 31.2 Å². The minimum absolute atomic E-state index is 0. The fourth-order valence-electron chi connectivity index (χ4n) is 0.808. The Labute approximate surface area is 88.2 Å². The van der Waals surface area contributed by atoms with Crippen molar-refractivity contribution < 1.29 is 23.1 Å². The second kappa shape index (κ2) is 5.59. The van der Waals surface area contributed by atoms with E-state index in [0.29, 0.717) is 0 Å². The predicted molar refractivity (Wildman–Crippen MR) is 47.6 cm³/mol. The van der Waals surface area contributed by atoms with Crippen molar-refractivity contribution >= 4 is 10.8 Å². The standard InChI is InChI=1S/C9H11OS.Li/c1-3-11(10)9-6-4-8(2)5-7-9;/h3-7H,1-2H3;/q-1;+1. The zero-order chi connectivity index (χ0) is 8.27. The van der Waals surface area contributed by atoms with Crippen molar-refractivity contribution in [2.45, 2.75) is 18.7 Å². The predicted octanol–water partition coefficient (Wildman–Crippen LogP) is -0.712. The third kappa shape index (κ3) is 3.14. The van der Waals surface area contributed by atoms with E-state index in [2.05, 4.69) is 0 Å². The van der Waals surface area contributed by atoms with Gasteiger partial charge >= 0.3 is 18.9 Å². The summed E-state index contributed by atoms with van der Waals surface area (Å²) in [4.78, 5) is 0.873. The molecule has 0 radical (unpaired) electrons. The van der Waals surface area contributed by atoms with E-state index in [-0.39, 0.29) is 18.9 Å². The number of aryl methyl sites for hydroxylation is 1. The summed E-state index contributed by atoms with van der Waals surface area (Å²) in [6.07, 6.45) is 0. The van der Waals surface area contributed by atoms with Crippen molar-refractivity contribution in [1.82, 2.24) is 0 Å². The molecule has 0 fully saturated rings. The zero-order valence-corrected chi connectivity index (χ0v) is 8.52. The van der Waals surface area contributed by atoms with Crippen LogP contribution in [0.3, 0.4) is 0 Å². The van der Waals surface area contributed by atoms with Gasteiger partial charge in [0.05, 0.1) is 0 Å². The molecule has 0 aromatic heterocycles. The fraction of sp³-hybridized carbons (Fsp3) is 0.222. The van der Waals surface area contributed by atoms with E-state index < -0.39 is 10.8 Å². The van der Waals surface area contributed by atoms with Crippen LogP contribution in [-0.4, -0.2) is 4.21 Å². The molecule has 0 saturated carbocycles. The van der Waals surface area contributed by atoms with Crippen LogP contribution in [-0.2, 0) is 10.8 Å². The third-order valence-electron chi connectivity index (χ3n) is 1.47. The van der Waals surface area contributed by atoms with Crippen molar-refractivity contribution in [3.63, 3.8) is 0 Å². The quantitative estimate of drug-likeness (QED) is 0.427. The molecule has 0 N–H and O–H groups in total. The van der Waals surface area contributed by atoms with Gasteiger partial charge in [0.15, 0.2) is 0 Å². The molecule has 60 valence electrons. The van der Waals surface area contributed by atoms with E-state index in [9.17, 15) is 4.21 Å². The largest absolute Gasteiger partial charge is 1.00 e. The summed E-state index contributed by atoms with van der Waals surface area (Å²) in [5.74, 6) is 1.69. The van der Waals surface area contributed by atoms with E-state index in [4.69, 9.17) is 0 Å². The number of hydrogen-bond acceptors (Lipinski definition) is 1. The molecular formula is C9H11LiOS. The third-order valence-corrected chi connectivity index (χ3v) is 2.63.